The molecule has 0 saturated carbocycles. The molecule has 1 amide bonds. The van der Waals surface area contributed by atoms with E-state index < -0.39 is 0 Å². The molecule has 0 bridgehead atoms. The Morgan fingerprint density at radius 2 is 1.31 bits per heavy atom. The first-order valence-electron chi connectivity index (χ1n) is 15.0. The highest BCUT2D eigenvalue weighted by Gasteiger charge is 2.22. The molecule has 0 unspecified atom stereocenters. The van der Waals surface area contributed by atoms with Crippen molar-refractivity contribution in [1.29, 1.82) is 0 Å². The molecule has 8 heterocycles. The van der Waals surface area contributed by atoms with Crippen LogP contribution in [0.1, 0.15) is 5.56 Å². The summed E-state index contributed by atoms with van der Waals surface area (Å²) < 4.78 is 13.8. The molecular formula is C31H28BrCl2N9O3S2. The number of carbonyl (C=O) groups is 1. The Balaban J connectivity index is 0.000000156. The lowest BCUT2D eigenvalue weighted by atomic mass is 10.2. The van der Waals surface area contributed by atoms with Crippen LogP contribution in [0.5, 0.6) is 0 Å². The van der Waals surface area contributed by atoms with E-state index in [1.807, 2.05) is 12.1 Å². The van der Waals surface area contributed by atoms with Gasteiger partial charge in [0.05, 0.1) is 46.9 Å². The molecule has 0 aliphatic carbocycles. The molecular weight excluding hydrogens is 761 g/mol. The molecule has 48 heavy (non-hydrogen) atoms. The van der Waals surface area contributed by atoms with Crippen molar-refractivity contribution in [2.45, 2.75) is 0 Å². The van der Waals surface area contributed by atoms with E-state index in [1.165, 1.54) is 11.0 Å². The lowest BCUT2D eigenvalue weighted by molar-refractivity contribution is -0.123. The summed E-state index contributed by atoms with van der Waals surface area (Å²) in [6.45, 7) is 5.91. The molecule has 6 aromatic rings. The second-order valence-corrected chi connectivity index (χ2v) is 14.7. The predicted molar refractivity (Wildman–Crippen MR) is 197 cm³/mol. The molecule has 2 aliphatic rings. The molecule has 8 rings (SSSR count). The predicted octanol–water partition coefficient (Wildman–Crippen LogP) is 6.32. The Labute approximate surface area is 301 Å². The van der Waals surface area contributed by atoms with Crippen LogP contribution < -0.4 is 9.80 Å². The van der Waals surface area contributed by atoms with E-state index in [1.54, 1.807) is 55.2 Å². The fraction of sp³-hybridized carbons (Fsp3) is 0.323. The van der Waals surface area contributed by atoms with E-state index >= 15 is 0 Å². The summed E-state index contributed by atoms with van der Waals surface area (Å²) in [4.78, 5) is 46.2. The van der Waals surface area contributed by atoms with Gasteiger partial charge in [0.2, 0.25) is 16.5 Å². The monoisotopic (exact) mass is 787 g/mol. The molecule has 248 valence electrons. The van der Waals surface area contributed by atoms with Gasteiger partial charge in [0.15, 0.2) is 11.6 Å². The zero-order valence-electron chi connectivity index (χ0n) is 25.8. The first kappa shape index (κ1) is 33.2. The molecule has 2 fully saturated rings. The number of thiophene rings is 2. The largest absolute Gasteiger partial charge is 0.378 e. The van der Waals surface area contributed by atoms with Gasteiger partial charge in [0.25, 0.3) is 0 Å². The van der Waals surface area contributed by atoms with Crippen molar-refractivity contribution in [1.82, 2.24) is 34.8 Å². The van der Waals surface area contributed by atoms with Crippen LogP contribution in [0.15, 0.2) is 35.1 Å². The Morgan fingerprint density at radius 1 is 0.812 bits per heavy atom. The molecule has 12 nitrogen and oxygen atoms in total. The highest BCUT2D eigenvalue weighted by Crippen LogP contribution is 2.39. The van der Waals surface area contributed by atoms with Crippen molar-refractivity contribution in [3.8, 4) is 0 Å². The molecule has 0 aromatic carbocycles. The van der Waals surface area contributed by atoms with Gasteiger partial charge in [-0.1, -0.05) is 0 Å². The summed E-state index contributed by atoms with van der Waals surface area (Å²) >= 11 is 19.0. The SMILES string of the molecule is CN(C)C(=O)/C=C/c1cnc2sc3c(N4CCOCC4)nc(Cl)nc3c2c1.Clc1nc(N2CCOCC2)c2sc3ncc(Br)cc3c2n1. The van der Waals surface area contributed by atoms with Gasteiger partial charge in [-0.3, -0.25) is 4.79 Å². The third kappa shape index (κ3) is 6.90. The minimum atomic E-state index is -0.0785. The fourth-order valence-corrected chi connectivity index (χ4v) is 8.18. The van der Waals surface area contributed by atoms with E-state index in [0.717, 1.165) is 88.7 Å². The van der Waals surface area contributed by atoms with Gasteiger partial charge in [-0.05, 0) is 62.9 Å². The van der Waals surface area contributed by atoms with Crippen molar-refractivity contribution in [3.05, 3.63) is 51.2 Å². The standard InChI is InChI=1S/C18H18ClN5O2S.C13H10BrClN4OS/c1-23(2)13(25)4-3-11-9-12-14-15(27-17(12)20-10-11)16(22-18(19)21-14)24-5-7-26-8-6-24;14-7-5-8-9-10(21-12(8)16-6-7)11(18-13(15)17-9)19-1-3-20-4-2-19/h3-4,9-10H,5-8H2,1-2H3;5-6H,1-4H2/b4-3+;. The highest BCUT2D eigenvalue weighted by atomic mass is 79.9. The van der Waals surface area contributed by atoms with Gasteiger partial charge < -0.3 is 24.2 Å². The number of hydrogen-bond donors (Lipinski definition) is 0. The first-order valence-corrected chi connectivity index (χ1v) is 18.1. The zero-order valence-corrected chi connectivity index (χ0v) is 30.6. The normalized spacial score (nSPS) is 15.5. The molecule has 0 radical (unpaired) electrons. The second kappa shape index (κ2) is 14.3. The first-order chi connectivity index (χ1) is 23.2. The number of carbonyl (C=O) groups excluding carboxylic acids is 1. The highest BCUT2D eigenvalue weighted by molar-refractivity contribution is 9.10. The maximum Gasteiger partial charge on any atom is 0.246 e. The zero-order chi connectivity index (χ0) is 33.4. The number of pyridine rings is 2. The number of fused-ring (bicyclic) bond motifs is 6. The summed E-state index contributed by atoms with van der Waals surface area (Å²) in [6, 6.07) is 4.00. The number of amides is 1. The summed E-state index contributed by atoms with van der Waals surface area (Å²) in [7, 11) is 3.43. The average Bonchev–Trinajstić information content (AvgIpc) is 3.65. The van der Waals surface area contributed by atoms with Gasteiger partial charge in [-0.2, -0.15) is 9.97 Å². The number of likely N-dealkylation sites (N-methyl/N-ethyl adjacent to an activating group) is 1. The van der Waals surface area contributed by atoms with Crippen LogP contribution in [0.25, 0.3) is 46.9 Å². The molecule has 17 heteroatoms. The quantitative estimate of drug-likeness (QED) is 0.147. The molecule has 2 saturated heterocycles. The number of rotatable bonds is 4. The maximum absolute atomic E-state index is 11.8. The third-order valence-electron chi connectivity index (χ3n) is 7.72. The van der Waals surface area contributed by atoms with Crippen molar-refractivity contribution >= 4 is 126 Å². The van der Waals surface area contributed by atoms with Gasteiger partial charge in [0, 0.05) is 74.0 Å². The van der Waals surface area contributed by atoms with Crippen LogP contribution in [0.3, 0.4) is 0 Å². The number of nitrogens with zero attached hydrogens (tertiary/aromatic N) is 9. The van der Waals surface area contributed by atoms with Crippen LogP contribution in [0, 0.1) is 0 Å². The summed E-state index contributed by atoms with van der Waals surface area (Å²) in [5, 5.41) is 2.40. The Kier molecular flexibility index (Phi) is 9.87. The van der Waals surface area contributed by atoms with E-state index in [-0.39, 0.29) is 16.5 Å². The van der Waals surface area contributed by atoms with Crippen molar-refractivity contribution in [2.75, 3.05) is 76.5 Å². The van der Waals surface area contributed by atoms with Gasteiger partial charge in [-0.25, -0.2) is 19.9 Å². The summed E-state index contributed by atoms with van der Waals surface area (Å²) in [6.07, 6.45) is 6.82. The van der Waals surface area contributed by atoms with Crippen molar-refractivity contribution in [3.63, 3.8) is 0 Å². The maximum atomic E-state index is 11.8. The Morgan fingerprint density at radius 3 is 1.83 bits per heavy atom. The number of hydrogen-bond acceptors (Lipinski definition) is 13. The van der Waals surface area contributed by atoms with Crippen LogP contribution >= 0.6 is 61.8 Å². The Hall–Kier alpha value is -3.31. The number of anilines is 2. The smallest absolute Gasteiger partial charge is 0.246 e. The number of ether oxygens (including phenoxy) is 2. The minimum absolute atomic E-state index is 0.0785. The summed E-state index contributed by atoms with van der Waals surface area (Å²) in [5.74, 6) is 1.63. The molecule has 0 atom stereocenters. The van der Waals surface area contributed by atoms with E-state index in [2.05, 4.69) is 55.6 Å². The number of halogens is 3. The lowest BCUT2D eigenvalue weighted by Crippen LogP contribution is -2.36. The molecule has 2 aliphatic heterocycles. The second-order valence-electron chi connectivity index (χ2n) is 11.1. The van der Waals surface area contributed by atoms with E-state index in [9.17, 15) is 4.79 Å². The molecule has 0 spiro atoms. The van der Waals surface area contributed by atoms with Crippen LogP contribution in [0.4, 0.5) is 11.6 Å². The van der Waals surface area contributed by atoms with Crippen molar-refractivity contribution in [2.24, 2.45) is 0 Å². The fourth-order valence-electron chi connectivity index (χ4n) is 5.35. The van der Waals surface area contributed by atoms with Crippen LogP contribution in [-0.4, -0.2) is 107 Å². The van der Waals surface area contributed by atoms with E-state index in [0.29, 0.717) is 26.4 Å². The van der Waals surface area contributed by atoms with E-state index in [4.69, 9.17) is 32.7 Å². The number of aromatic nitrogens is 6. The Bertz CT molecular complexity index is 2180. The number of morpholine rings is 2. The van der Waals surface area contributed by atoms with Gasteiger partial charge >= 0.3 is 0 Å². The molecule has 0 N–H and O–H groups in total. The van der Waals surface area contributed by atoms with Gasteiger partial charge in [0.1, 0.15) is 9.66 Å². The third-order valence-corrected chi connectivity index (χ3v) is 10.7. The van der Waals surface area contributed by atoms with Crippen LogP contribution in [0.2, 0.25) is 10.6 Å². The average molecular weight is 790 g/mol. The lowest BCUT2D eigenvalue weighted by Gasteiger charge is -2.28. The summed E-state index contributed by atoms with van der Waals surface area (Å²) in [5.41, 5.74) is 2.49. The minimum Gasteiger partial charge on any atom is -0.378 e. The van der Waals surface area contributed by atoms with Crippen LogP contribution in [-0.2, 0) is 14.3 Å². The van der Waals surface area contributed by atoms with Crippen molar-refractivity contribution < 1.29 is 14.3 Å². The topological polar surface area (TPSA) is 123 Å². The van der Waals surface area contributed by atoms with Gasteiger partial charge in [-0.15, -0.1) is 22.7 Å². The molecule has 6 aromatic heterocycles.